The van der Waals surface area contributed by atoms with E-state index in [9.17, 15) is 4.79 Å². The molecule has 0 unspecified atom stereocenters. The van der Waals surface area contributed by atoms with E-state index in [1.165, 1.54) is 0 Å². The second kappa shape index (κ2) is 7.60. The van der Waals surface area contributed by atoms with Crippen LogP contribution in [-0.4, -0.2) is 10.9 Å². The smallest absolute Gasteiger partial charge is 0.230 e. The average molecular weight is 374 g/mol. The minimum absolute atomic E-state index is 0.116. The lowest BCUT2D eigenvalue weighted by atomic mass is 10.1. The van der Waals surface area contributed by atoms with Crippen molar-refractivity contribution in [3.05, 3.63) is 83.6 Å². The Kier molecular flexibility index (Phi) is 4.85. The maximum Gasteiger partial charge on any atom is 0.230 e. The van der Waals surface area contributed by atoms with E-state index >= 15 is 0 Å². The van der Waals surface area contributed by atoms with Gasteiger partial charge in [0.15, 0.2) is 0 Å². The van der Waals surface area contributed by atoms with Crippen molar-refractivity contribution >= 4 is 22.9 Å². The first-order valence-corrected chi connectivity index (χ1v) is 9.53. The van der Waals surface area contributed by atoms with Gasteiger partial charge in [0.05, 0.1) is 12.1 Å². The van der Waals surface area contributed by atoms with Gasteiger partial charge in [-0.25, -0.2) is 4.98 Å². The lowest BCUT2D eigenvalue weighted by molar-refractivity contribution is -0.115. The fourth-order valence-corrected chi connectivity index (χ4v) is 3.65. The highest BCUT2D eigenvalue weighted by atomic mass is 32.1. The number of aromatic nitrogens is 1. The molecule has 2 aromatic carbocycles. The van der Waals surface area contributed by atoms with Crippen LogP contribution in [0.5, 0.6) is 0 Å². The van der Waals surface area contributed by atoms with Gasteiger partial charge in [0.25, 0.3) is 0 Å². The number of rotatable bonds is 5. The van der Waals surface area contributed by atoms with Gasteiger partial charge >= 0.3 is 0 Å². The van der Waals surface area contributed by atoms with Crippen LogP contribution >= 0.6 is 11.3 Å². The number of para-hydroxylation sites is 1. The molecule has 0 spiro atoms. The number of thiophene rings is 1. The summed E-state index contributed by atoms with van der Waals surface area (Å²) in [5.74, 6) is 1.08. The van der Waals surface area contributed by atoms with E-state index in [0.29, 0.717) is 17.3 Å². The second-order valence-electron chi connectivity index (χ2n) is 6.14. The minimum atomic E-state index is -0.116. The van der Waals surface area contributed by atoms with Crippen molar-refractivity contribution in [2.75, 3.05) is 5.32 Å². The summed E-state index contributed by atoms with van der Waals surface area (Å²) in [5, 5.41) is 5.04. The molecule has 5 heteroatoms. The Morgan fingerprint density at radius 3 is 2.59 bits per heavy atom. The van der Waals surface area contributed by atoms with E-state index < -0.39 is 0 Å². The third-order valence-corrected chi connectivity index (χ3v) is 5.13. The molecule has 0 saturated heterocycles. The molecule has 0 aliphatic heterocycles. The number of hydrogen-bond donors (Lipinski definition) is 1. The van der Waals surface area contributed by atoms with E-state index in [2.05, 4.69) is 10.3 Å². The highest BCUT2D eigenvalue weighted by Gasteiger charge is 2.16. The average Bonchev–Trinajstić information content (AvgIpc) is 3.34. The van der Waals surface area contributed by atoms with Crippen molar-refractivity contribution < 1.29 is 9.21 Å². The standard InChI is InChI=1S/C22H18N2O2S/c1-15-19(24-22(26-15)16-8-3-2-4-9-16)14-21(25)23-18-11-6-5-10-17(18)20-12-7-13-27-20/h2-13H,14H2,1H3,(H,23,25). The number of hydrogen-bond acceptors (Lipinski definition) is 4. The molecule has 0 aliphatic carbocycles. The number of oxazole rings is 1. The van der Waals surface area contributed by atoms with Crippen molar-refractivity contribution in [2.45, 2.75) is 13.3 Å². The fraction of sp³-hybridized carbons (Fsp3) is 0.0909. The molecular formula is C22H18N2O2S. The SMILES string of the molecule is Cc1oc(-c2ccccc2)nc1CC(=O)Nc1ccccc1-c1cccs1. The molecule has 4 aromatic rings. The lowest BCUT2D eigenvalue weighted by Crippen LogP contribution is -2.15. The Labute approximate surface area is 161 Å². The monoisotopic (exact) mass is 374 g/mol. The van der Waals surface area contributed by atoms with Crippen LogP contribution in [-0.2, 0) is 11.2 Å². The molecule has 0 saturated carbocycles. The zero-order chi connectivity index (χ0) is 18.6. The predicted octanol–water partition coefficient (Wildman–Crippen LogP) is 5.56. The van der Waals surface area contributed by atoms with Crippen LogP contribution in [0.2, 0.25) is 0 Å². The van der Waals surface area contributed by atoms with Gasteiger partial charge in [-0.2, -0.15) is 0 Å². The molecule has 0 atom stereocenters. The molecule has 1 N–H and O–H groups in total. The molecule has 0 bridgehead atoms. The summed E-state index contributed by atoms with van der Waals surface area (Å²) in [6, 6.07) is 21.5. The van der Waals surface area contributed by atoms with Crippen molar-refractivity contribution in [1.82, 2.24) is 4.98 Å². The molecule has 4 nitrogen and oxygen atoms in total. The Morgan fingerprint density at radius 1 is 1.04 bits per heavy atom. The van der Waals surface area contributed by atoms with E-state index in [4.69, 9.17) is 4.42 Å². The highest BCUT2D eigenvalue weighted by molar-refractivity contribution is 7.13. The number of anilines is 1. The van der Waals surface area contributed by atoms with Crippen LogP contribution < -0.4 is 5.32 Å². The Hall–Kier alpha value is -3.18. The first-order chi connectivity index (χ1) is 13.2. The summed E-state index contributed by atoms with van der Waals surface area (Å²) in [6.45, 7) is 1.83. The first kappa shape index (κ1) is 17.2. The predicted molar refractivity (Wildman–Crippen MR) is 109 cm³/mol. The summed E-state index contributed by atoms with van der Waals surface area (Å²) >= 11 is 1.65. The van der Waals surface area contributed by atoms with Crippen LogP contribution in [0.3, 0.4) is 0 Å². The van der Waals surface area contributed by atoms with Gasteiger partial charge in [-0.05, 0) is 36.6 Å². The molecule has 0 radical (unpaired) electrons. The normalized spacial score (nSPS) is 10.7. The quantitative estimate of drug-likeness (QED) is 0.497. The van der Waals surface area contributed by atoms with Crippen LogP contribution in [0, 0.1) is 6.92 Å². The summed E-state index contributed by atoms with van der Waals surface area (Å²) in [6.07, 6.45) is 0.168. The molecule has 134 valence electrons. The third kappa shape index (κ3) is 3.83. The third-order valence-electron chi connectivity index (χ3n) is 4.23. The molecule has 2 aromatic heterocycles. The summed E-state index contributed by atoms with van der Waals surface area (Å²) in [5.41, 5.74) is 3.37. The number of amides is 1. The molecule has 0 fully saturated rings. The maximum absolute atomic E-state index is 12.6. The van der Waals surface area contributed by atoms with E-state index in [1.807, 2.05) is 79.0 Å². The maximum atomic E-state index is 12.6. The molecule has 1 amide bonds. The van der Waals surface area contributed by atoms with Gasteiger partial charge in [-0.15, -0.1) is 11.3 Å². The minimum Gasteiger partial charge on any atom is -0.441 e. The number of carbonyl (C=O) groups excluding carboxylic acids is 1. The Balaban J connectivity index is 1.52. The van der Waals surface area contributed by atoms with Crippen LogP contribution in [0.25, 0.3) is 21.9 Å². The van der Waals surface area contributed by atoms with Crippen molar-refractivity contribution in [1.29, 1.82) is 0 Å². The van der Waals surface area contributed by atoms with Gasteiger partial charge in [0.2, 0.25) is 11.8 Å². The van der Waals surface area contributed by atoms with Crippen molar-refractivity contribution in [3.8, 4) is 21.9 Å². The van der Waals surface area contributed by atoms with Crippen LogP contribution in [0.15, 0.2) is 76.5 Å². The zero-order valence-corrected chi connectivity index (χ0v) is 15.6. The van der Waals surface area contributed by atoms with Gasteiger partial charge in [-0.3, -0.25) is 4.79 Å². The van der Waals surface area contributed by atoms with Crippen LogP contribution in [0.4, 0.5) is 5.69 Å². The van der Waals surface area contributed by atoms with Gasteiger partial charge in [-0.1, -0.05) is 42.5 Å². The van der Waals surface area contributed by atoms with Gasteiger partial charge in [0, 0.05) is 21.7 Å². The van der Waals surface area contributed by atoms with Gasteiger partial charge in [0.1, 0.15) is 5.76 Å². The highest BCUT2D eigenvalue weighted by Crippen LogP contribution is 2.31. The number of benzene rings is 2. The topological polar surface area (TPSA) is 55.1 Å². The molecular weight excluding hydrogens is 356 g/mol. The number of carbonyl (C=O) groups is 1. The van der Waals surface area contributed by atoms with Crippen molar-refractivity contribution in [3.63, 3.8) is 0 Å². The Morgan fingerprint density at radius 2 is 1.81 bits per heavy atom. The summed E-state index contributed by atoms with van der Waals surface area (Å²) < 4.78 is 5.74. The van der Waals surface area contributed by atoms with Crippen LogP contribution in [0.1, 0.15) is 11.5 Å². The fourth-order valence-electron chi connectivity index (χ4n) is 2.88. The molecule has 27 heavy (non-hydrogen) atoms. The molecule has 4 rings (SSSR count). The largest absolute Gasteiger partial charge is 0.441 e. The lowest BCUT2D eigenvalue weighted by Gasteiger charge is -2.09. The van der Waals surface area contributed by atoms with E-state index in [-0.39, 0.29) is 12.3 Å². The number of nitrogens with zero attached hydrogens (tertiary/aromatic N) is 1. The van der Waals surface area contributed by atoms with E-state index in [0.717, 1.165) is 21.7 Å². The number of aryl methyl sites for hydroxylation is 1. The number of nitrogens with one attached hydrogen (secondary N) is 1. The molecule has 2 heterocycles. The second-order valence-corrected chi connectivity index (χ2v) is 7.08. The first-order valence-electron chi connectivity index (χ1n) is 8.65. The van der Waals surface area contributed by atoms with E-state index in [1.54, 1.807) is 11.3 Å². The summed E-state index contributed by atoms with van der Waals surface area (Å²) in [7, 11) is 0. The Bertz CT molecular complexity index is 1050. The molecule has 0 aliphatic rings. The summed E-state index contributed by atoms with van der Waals surface area (Å²) in [4.78, 5) is 18.2. The van der Waals surface area contributed by atoms with Gasteiger partial charge < -0.3 is 9.73 Å². The van der Waals surface area contributed by atoms with Crippen molar-refractivity contribution in [2.24, 2.45) is 0 Å². The zero-order valence-electron chi connectivity index (χ0n) is 14.8.